The fourth-order valence-electron chi connectivity index (χ4n) is 1.91. The molecule has 1 aliphatic heterocycles. The summed E-state index contributed by atoms with van der Waals surface area (Å²) in [5.74, 6) is 0. The van der Waals surface area contributed by atoms with Crippen molar-refractivity contribution in [1.29, 1.82) is 0 Å². The molecule has 1 aliphatic rings. The van der Waals surface area contributed by atoms with Gasteiger partial charge in [0, 0.05) is 18.7 Å². The Kier molecular flexibility index (Phi) is 3.62. The van der Waals surface area contributed by atoms with E-state index in [-0.39, 0.29) is 6.42 Å². The minimum Gasteiger partial charge on any atom is -0.394 e. The van der Waals surface area contributed by atoms with E-state index in [9.17, 15) is 19.7 Å². The monoisotopic (exact) mass is 273 g/mol. The quantitative estimate of drug-likeness (QED) is 0.497. The predicted octanol–water partition coefficient (Wildman–Crippen LogP) is -1.61. The molecule has 19 heavy (non-hydrogen) atoms. The van der Waals surface area contributed by atoms with E-state index in [0.717, 1.165) is 10.6 Å². The number of hydrogen-bond donors (Lipinski definition) is 2. The first-order valence-electron chi connectivity index (χ1n) is 5.40. The van der Waals surface area contributed by atoms with Gasteiger partial charge in [0.05, 0.1) is 6.61 Å². The molecule has 0 aliphatic carbocycles. The Morgan fingerprint density at radius 1 is 1.63 bits per heavy atom. The van der Waals surface area contributed by atoms with Crippen LogP contribution in [0.15, 0.2) is 21.9 Å². The Morgan fingerprint density at radius 3 is 2.95 bits per heavy atom. The van der Waals surface area contributed by atoms with Gasteiger partial charge in [-0.25, -0.2) is 4.79 Å². The van der Waals surface area contributed by atoms with Gasteiger partial charge in [0.25, 0.3) is 10.6 Å². The van der Waals surface area contributed by atoms with Gasteiger partial charge in [0.15, 0.2) is 0 Å². The van der Waals surface area contributed by atoms with Crippen LogP contribution in [0, 0.1) is 10.1 Å². The average molecular weight is 273 g/mol. The molecule has 2 rings (SSSR count). The molecular formula is C9H11N3O7. The number of aliphatic hydroxyl groups is 1. The number of H-pyrrole nitrogens is 1. The molecular weight excluding hydrogens is 262 g/mol. The van der Waals surface area contributed by atoms with Crippen LogP contribution in [0.2, 0.25) is 0 Å². The van der Waals surface area contributed by atoms with Crippen LogP contribution in [0.25, 0.3) is 0 Å². The van der Waals surface area contributed by atoms with Gasteiger partial charge in [-0.3, -0.25) is 14.3 Å². The number of hydrogen-bond acceptors (Lipinski definition) is 7. The van der Waals surface area contributed by atoms with Crippen LogP contribution in [0.3, 0.4) is 0 Å². The Bertz CT molecular complexity index is 580. The number of rotatable bonds is 4. The fraction of sp³-hybridized carbons (Fsp3) is 0.556. The molecule has 104 valence electrons. The van der Waals surface area contributed by atoms with E-state index in [2.05, 4.69) is 4.84 Å². The second-order valence-corrected chi connectivity index (χ2v) is 3.93. The summed E-state index contributed by atoms with van der Waals surface area (Å²) in [6, 6.07) is 1.13. The van der Waals surface area contributed by atoms with Gasteiger partial charge >= 0.3 is 5.69 Å². The van der Waals surface area contributed by atoms with Gasteiger partial charge in [0.2, 0.25) is 0 Å². The molecule has 1 aromatic heterocycles. The standard InChI is InChI=1S/C9H11N3O7/c13-4-6-5(19-12(16)17)3-8(18-6)11-2-1-7(14)10-9(11)15/h1-2,5-6,8,13H,3-4H2,(H,10,14,15)/t5-,6+,8+/m0/s1. The van der Waals surface area contributed by atoms with Gasteiger partial charge in [-0.2, -0.15) is 0 Å². The maximum absolute atomic E-state index is 11.5. The lowest BCUT2D eigenvalue weighted by Crippen LogP contribution is -2.31. The van der Waals surface area contributed by atoms with Crippen LogP contribution in [-0.4, -0.2) is 38.6 Å². The zero-order valence-corrected chi connectivity index (χ0v) is 9.59. The molecule has 0 radical (unpaired) electrons. The maximum Gasteiger partial charge on any atom is 0.330 e. The third-order valence-corrected chi connectivity index (χ3v) is 2.74. The lowest BCUT2D eigenvalue weighted by Gasteiger charge is -2.14. The van der Waals surface area contributed by atoms with E-state index >= 15 is 0 Å². The first kappa shape index (κ1) is 13.2. The summed E-state index contributed by atoms with van der Waals surface area (Å²) in [5.41, 5.74) is -1.26. The van der Waals surface area contributed by atoms with Crippen LogP contribution >= 0.6 is 0 Å². The van der Waals surface area contributed by atoms with Crippen LogP contribution in [-0.2, 0) is 9.57 Å². The van der Waals surface area contributed by atoms with Gasteiger partial charge in [-0.15, -0.1) is 10.1 Å². The van der Waals surface area contributed by atoms with Crippen molar-refractivity contribution in [3.63, 3.8) is 0 Å². The molecule has 1 aromatic rings. The van der Waals surface area contributed by atoms with Crippen LogP contribution < -0.4 is 11.2 Å². The SMILES string of the molecule is O=c1ccn([C@H]2C[C@H](O[N+](=O)[O-])[C@@H](CO)O2)c(=O)[nH]1. The second-order valence-electron chi connectivity index (χ2n) is 3.93. The largest absolute Gasteiger partial charge is 0.394 e. The summed E-state index contributed by atoms with van der Waals surface area (Å²) >= 11 is 0. The van der Waals surface area contributed by atoms with E-state index in [0.29, 0.717) is 0 Å². The number of aromatic amines is 1. The minimum atomic E-state index is -0.977. The van der Waals surface area contributed by atoms with Crippen molar-refractivity contribution in [3.05, 3.63) is 43.2 Å². The molecule has 1 fully saturated rings. The van der Waals surface area contributed by atoms with Crippen LogP contribution in [0.1, 0.15) is 12.6 Å². The summed E-state index contributed by atoms with van der Waals surface area (Å²) in [4.78, 5) is 39.2. The van der Waals surface area contributed by atoms with E-state index in [1.807, 2.05) is 4.98 Å². The third-order valence-electron chi connectivity index (χ3n) is 2.74. The van der Waals surface area contributed by atoms with Gasteiger partial charge in [-0.05, 0) is 0 Å². The highest BCUT2D eigenvalue weighted by molar-refractivity contribution is 4.88. The highest BCUT2D eigenvalue weighted by atomic mass is 17.0. The van der Waals surface area contributed by atoms with Crippen molar-refractivity contribution in [2.24, 2.45) is 0 Å². The molecule has 10 nitrogen and oxygen atoms in total. The molecule has 0 amide bonds. The molecule has 1 saturated heterocycles. The maximum atomic E-state index is 11.5. The first-order chi connectivity index (χ1) is 9.01. The smallest absolute Gasteiger partial charge is 0.330 e. The van der Waals surface area contributed by atoms with Crippen molar-refractivity contribution in [1.82, 2.24) is 9.55 Å². The fourth-order valence-corrected chi connectivity index (χ4v) is 1.91. The first-order valence-corrected chi connectivity index (χ1v) is 5.40. The van der Waals surface area contributed by atoms with Crippen molar-refractivity contribution in [2.45, 2.75) is 24.9 Å². The summed E-state index contributed by atoms with van der Waals surface area (Å²) in [6.45, 7) is -0.479. The van der Waals surface area contributed by atoms with Crippen molar-refractivity contribution in [3.8, 4) is 0 Å². The average Bonchev–Trinajstić information content (AvgIpc) is 2.71. The number of ether oxygens (including phenoxy) is 1. The van der Waals surface area contributed by atoms with Crippen molar-refractivity contribution < 1.29 is 19.8 Å². The van der Waals surface area contributed by atoms with E-state index in [1.54, 1.807) is 0 Å². The van der Waals surface area contributed by atoms with E-state index in [4.69, 9.17) is 9.84 Å². The predicted molar refractivity (Wildman–Crippen MR) is 58.8 cm³/mol. The van der Waals surface area contributed by atoms with Crippen molar-refractivity contribution >= 4 is 0 Å². The number of nitrogens with one attached hydrogen (secondary N) is 1. The Labute approximate surface area is 105 Å². The highest BCUT2D eigenvalue weighted by Crippen LogP contribution is 2.29. The lowest BCUT2D eigenvalue weighted by molar-refractivity contribution is -0.769. The van der Waals surface area contributed by atoms with Crippen molar-refractivity contribution in [2.75, 3.05) is 6.61 Å². The minimum absolute atomic E-state index is 0.0121. The summed E-state index contributed by atoms with van der Waals surface area (Å²) < 4.78 is 6.37. The van der Waals surface area contributed by atoms with Gasteiger partial charge < -0.3 is 14.7 Å². The molecule has 3 atom stereocenters. The number of nitrogens with zero attached hydrogens (tertiary/aromatic N) is 2. The van der Waals surface area contributed by atoms with Gasteiger partial charge in [-0.1, -0.05) is 0 Å². The number of aromatic nitrogens is 2. The summed E-state index contributed by atoms with van der Waals surface area (Å²) in [6.07, 6.45) is -1.49. The van der Waals surface area contributed by atoms with E-state index in [1.165, 1.54) is 6.20 Å². The molecule has 2 N–H and O–H groups in total. The topological polar surface area (TPSA) is 137 Å². The van der Waals surface area contributed by atoms with Gasteiger partial charge in [0.1, 0.15) is 18.4 Å². The molecule has 2 heterocycles. The Balaban J connectivity index is 2.21. The third kappa shape index (κ3) is 2.80. The molecule has 0 unspecified atom stereocenters. The Hall–Kier alpha value is -2.20. The summed E-state index contributed by atoms with van der Waals surface area (Å²) in [7, 11) is 0. The van der Waals surface area contributed by atoms with E-state index < -0.39 is 41.4 Å². The molecule has 10 heteroatoms. The zero-order valence-electron chi connectivity index (χ0n) is 9.59. The highest BCUT2D eigenvalue weighted by Gasteiger charge is 2.38. The van der Waals surface area contributed by atoms with Crippen LogP contribution in [0.4, 0.5) is 0 Å². The zero-order chi connectivity index (χ0) is 14.0. The number of aliphatic hydroxyl groups excluding tert-OH is 1. The normalized spacial score (nSPS) is 26.3. The molecule has 0 saturated carbocycles. The second kappa shape index (κ2) is 5.20. The molecule has 0 spiro atoms. The van der Waals surface area contributed by atoms with Crippen LogP contribution in [0.5, 0.6) is 0 Å². The summed E-state index contributed by atoms with van der Waals surface area (Å²) in [5, 5.41) is 18.4. The Morgan fingerprint density at radius 2 is 2.37 bits per heavy atom. The lowest BCUT2D eigenvalue weighted by atomic mass is 10.2. The molecule has 0 bridgehead atoms. The molecule has 0 aromatic carbocycles.